The smallest absolute Gasteiger partial charge is 0.307 e. The summed E-state index contributed by atoms with van der Waals surface area (Å²) in [6.45, 7) is 1.80. The normalized spacial score (nSPS) is 24.8. The molecule has 0 spiro atoms. The Labute approximate surface area is 92.1 Å². The maximum absolute atomic E-state index is 11.6. The van der Waals surface area contributed by atoms with Crippen LogP contribution in [0.4, 0.5) is 0 Å². The number of aromatic nitrogens is 2. The highest BCUT2D eigenvalue weighted by atomic mass is 16.4. The van der Waals surface area contributed by atoms with Gasteiger partial charge in [-0.25, -0.2) is 4.98 Å². The van der Waals surface area contributed by atoms with E-state index < -0.39 is 11.9 Å². The Morgan fingerprint density at radius 2 is 2.38 bits per heavy atom. The average Bonchev–Trinajstić information content (AvgIpc) is 2.85. The second-order valence-electron chi connectivity index (χ2n) is 3.99. The molecule has 1 heterocycles. The predicted octanol–water partition coefficient (Wildman–Crippen LogP) is 0.308. The highest BCUT2D eigenvalue weighted by Crippen LogP contribution is 2.39. The van der Waals surface area contributed by atoms with E-state index in [1.165, 1.54) is 0 Å². The van der Waals surface area contributed by atoms with Crippen LogP contribution in [0.15, 0.2) is 12.4 Å². The van der Waals surface area contributed by atoms with Gasteiger partial charge in [-0.1, -0.05) is 0 Å². The van der Waals surface area contributed by atoms with Gasteiger partial charge in [-0.05, 0) is 13.3 Å². The van der Waals surface area contributed by atoms with Gasteiger partial charge in [0.05, 0.1) is 17.9 Å². The Morgan fingerprint density at radius 1 is 1.62 bits per heavy atom. The standard InChI is InChI=1S/C10H13N3O3/c1-5(8-11-2-3-12-8)13-9(14)6-4-7(6)10(15)16/h2-3,5-7H,4H2,1H3,(H,11,12)(H,13,14)(H,15,16). The zero-order valence-electron chi connectivity index (χ0n) is 8.80. The first-order valence-electron chi connectivity index (χ1n) is 5.12. The van der Waals surface area contributed by atoms with Crippen molar-refractivity contribution in [2.45, 2.75) is 19.4 Å². The zero-order valence-corrected chi connectivity index (χ0v) is 8.80. The molecular weight excluding hydrogens is 210 g/mol. The Hall–Kier alpha value is -1.85. The van der Waals surface area contributed by atoms with E-state index in [0.29, 0.717) is 12.2 Å². The number of carboxylic acids is 1. The van der Waals surface area contributed by atoms with Crippen molar-refractivity contribution in [2.75, 3.05) is 0 Å². The second-order valence-corrected chi connectivity index (χ2v) is 3.99. The molecule has 3 unspecified atom stereocenters. The maximum atomic E-state index is 11.6. The van der Waals surface area contributed by atoms with Gasteiger partial charge in [0.1, 0.15) is 5.82 Å². The number of aromatic amines is 1. The van der Waals surface area contributed by atoms with Gasteiger partial charge in [0.15, 0.2) is 0 Å². The van der Waals surface area contributed by atoms with E-state index in [1.807, 2.05) is 0 Å². The van der Waals surface area contributed by atoms with Gasteiger partial charge >= 0.3 is 5.97 Å². The van der Waals surface area contributed by atoms with E-state index in [4.69, 9.17) is 5.11 Å². The summed E-state index contributed by atoms with van der Waals surface area (Å²) in [5, 5.41) is 11.4. The van der Waals surface area contributed by atoms with Crippen LogP contribution in [0.2, 0.25) is 0 Å². The summed E-state index contributed by atoms with van der Waals surface area (Å²) in [4.78, 5) is 29.1. The van der Waals surface area contributed by atoms with Crippen molar-refractivity contribution in [3.05, 3.63) is 18.2 Å². The molecule has 16 heavy (non-hydrogen) atoms. The van der Waals surface area contributed by atoms with E-state index in [0.717, 1.165) is 0 Å². The molecule has 2 rings (SSSR count). The summed E-state index contributed by atoms with van der Waals surface area (Å²) < 4.78 is 0. The molecule has 0 aliphatic heterocycles. The number of hydrogen-bond donors (Lipinski definition) is 3. The Kier molecular flexibility index (Phi) is 2.64. The summed E-state index contributed by atoms with van der Waals surface area (Å²) in [5.41, 5.74) is 0. The predicted molar refractivity (Wildman–Crippen MR) is 54.4 cm³/mol. The molecule has 0 saturated heterocycles. The van der Waals surface area contributed by atoms with Gasteiger partial charge in [-0.15, -0.1) is 0 Å². The summed E-state index contributed by atoms with van der Waals surface area (Å²) in [5.74, 6) is -1.33. The molecule has 1 aromatic rings. The monoisotopic (exact) mass is 223 g/mol. The summed E-state index contributed by atoms with van der Waals surface area (Å²) in [6, 6.07) is -0.224. The third-order valence-corrected chi connectivity index (χ3v) is 2.73. The van der Waals surface area contributed by atoms with Crippen molar-refractivity contribution in [3.8, 4) is 0 Å². The van der Waals surface area contributed by atoms with E-state index in [9.17, 15) is 9.59 Å². The molecule has 0 bridgehead atoms. The van der Waals surface area contributed by atoms with Gasteiger partial charge in [-0.2, -0.15) is 0 Å². The van der Waals surface area contributed by atoms with Crippen molar-refractivity contribution in [1.29, 1.82) is 0 Å². The molecule has 0 radical (unpaired) electrons. The fourth-order valence-electron chi connectivity index (χ4n) is 1.66. The zero-order chi connectivity index (χ0) is 11.7. The van der Waals surface area contributed by atoms with Crippen molar-refractivity contribution in [2.24, 2.45) is 11.8 Å². The molecule has 1 amide bonds. The first-order chi connectivity index (χ1) is 7.59. The number of carboxylic acid groups (broad SMARTS) is 1. The third-order valence-electron chi connectivity index (χ3n) is 2.73. The number of carbonyl (C=O) groups excluding carboxylic acids is 1. The molecule has 86 valence electrons. The van der Waals surface area contributed by atoms with Crippen LogP contribution in [0.3, 0.4) is 0 Å². The van der Waals surface area contributed by atoms with Crippen molar-refractivity contribution in [3.63, 3.8) is 0 Å². The summed E-state index contributed by atoms with van der Waals surface area (Å²) >= 11 is 0. The fraction of sp³-hybridized carbons (Fsp3) is 0.500. The molecule has 6 nitrogen and oxygen atoms in total. The molecular formula is C10H13N3O3. The lowest BCUT2D eigenvalue weighted by Gasteiger charge is -2.10. The SMILES string of the molecule is CC(NC(=O)C1CC1C(=O)O)c1ncc[nH]1. The van der Waals surface area contributed by atoms with Gasteiger partial charge in [0.25, 0.3) is 0 Å². The number of H-pyrrole nitrogens is 1. The van der Waals surface area contributed by atoms with Crippen LogP contribution < -0.4 is 5.32 Å². The lowest BCUT2D eigenvalue weighted by atomic mass is 10.2. The summed E-state index contributed by atoms with van der Waals surface area (Å²) in [6.07, 6.45) is 3.72. The first kappa shape index (κ1) is 10.7. The molecule has 3 atom stereocenters. The van der Waals surface area contributed by atoms with Crippen LogP contribution in [0.1, 0.15) is 25.2 Å². The number of carbonyl (C=O) groups is 2. The highest BCUT2D eigenvalue weighted by molar-refractivity contribution is 5.89. The largest absolute Gasteiger partial charge is 0.481 e. The Morgan fingerprint density at radius 3 is 2.88 bits per heavy atom. The van der Waals surface area contributed by atoms with Crippen molar-refractivity contribution < 1.29 is 14.7 Å². The van der Waals surface area contributed by atoms with E-state index in [1.54, 1.807) is 19.3 Å². The molecule has 3 N–H and O–H groups in total. The number of nitrogens with zero attached hydrogens (tertiary/aromatic N) is 1. The molecule has 1 aliphatic carbocycles. The van der Waals surface area contributed by atoms with Crippen LogP contribution in [-0.2, 0) is 9.59 Å². The number of rotatable bonds is 4. The first-order valence-corrected chi connectivity index (χ1v) is 5.12. The van der Waals surface area contributed by atoms with Crippen LogP contribution >= 0.6 is 0 Å². The van der Waals surface area contributed by atoms with Gasteiger partial charge in [0, 0.05) is 12.4 Å². The lowest BCUT2D eigenvalue weighted by molar-refractivity contribution is -0.140. The minimum absolute atomic E-state index is 0.212. The number of nitrogens with one attached hydrogen (secondary N) is 2. The lowest BCUT2D eigenvalue weighted by Crippen LogP contribution is -2.29. The molecule has 0 aromatic carbocycles. The van der Waals surface area contributed by atoms with Crippen LogP contribution in [0.5, 0.6) is 0 Å². The Balaban J connectivity index is 1.87. The molecule has 1 fully saturated rings. The van der Waals surface area contributed by atoms with Crippen LogP contribution in [0, 0.1) is 11.8 Å². The van der Waals surface area contributed by atoms with E-state index in [-0.39, 0.29) is 17.9 Å². The van der Waals surface area contributed by atoms with Crippen LogP contribution in [0.25, 0.3) is 0 Å². The molecule has 1 aliphatic rings. The molecule has 1 aromatic heterocycles. The number of hydrogen-bond acceptors (Lipinski definition) is 3. The third kappa shape index (κ3) is 2.05. The average molecular weight is 223 g/mol. The minimum Gasteiger partial charge on any atom is -0.481 e. The number of imidazole rings is 1. The van der Waals surface area contributed by atoms with E-state index >= 15 is 0 Å². The summed E-state index contributed by atoms with van der Waals surface area (Å²) in [7, 11) is 0. The van der Waals surface area contributed by atoms with Gasteiger partial charge in [0.2, 0.25) is 5.91 Å². The highest BCUT2D eigenvalue weighted by Gasteiger charge is 2.48. The number of aliphatic carboxylic acids is 1. The second kappa shape index (κ2) is 3.96. The van der Waals surface area contributed by atoms with Gasteiger partial charge in [-0.3, -0.25) is 9.59 Å². The van der Waals surface area contributed by atoms with Crippen LogP contribution in [-0.4, -0.2) is 27.0 Å². The fourth-order valence-corrected chi connectivity index (χ4v) is 1.66. The number of amides is 1. The topological polar surface area (TPSA) is 95.1 Å². The van der Waals surface area contributed by atoms with Crippen molar-refractivity contribution in [1.82, 2.24) is 15.3 Å². The van der Waals surface area contributed by atoms with Gasteiger partial charge < -0.3 is 15.4 Å². The van der Waals surface area contributed by atoms with Crippen molar-refractivity contribution >= 4 is 11.9 Å². The minimum atomic E-state index is -0.897. The Bertz CT molecular complexity index is 401. The quantitative estimate of drug-likeness (QED) is 0.684. The van der Waals surface area contributed by atoms with E-state index in [2.05, 4.69) is 15.3 Å². The molecule has 1 saturated carbocycles. The maximum Gasteiger partial charge on any atom is 0.307 e. The molecule has 6 heteroatoms.